The van der Waals surface area contributed by atoms with Crippen LogP contribution in [-0.2, 0) is 31.1 Å². The maximum Gasteiger partial charge on any atom is 0.410 e. The van der Waals surface area contributed by atoms with Crippen LogP contribution in [0, 0.1) is 5.92 Å². The molecular formula is C29H33N3O9. The number of likely N-dealkylation sites (tertiary alicyclic amines) is 2. The van der Waals surface area contributed by atoms with Crippen LogP contribution in [0.15, 0.2) is 48.5 Å². The van der Waals surface area contributed by atoms with Gasteiger partial charge in [-0.05, 0) is 43.4 Å². The Hall–Kier alpha value is -4.61. The number of nitrogens with zero attached hydrogens (tertiary/aromatic N) is 2. The molecule has 0 atom stereocenters. The quantitative estimate of drug-likeness (QED) is 0.425. The minimum atomic E-state index is -1.62. The number of hydrogen-bond donors (Lipinski definition) is 3. The fourth-order valence-corrected chi connectivity index (χ4v) is 5.47. The van der Waals surface area contributed by atoms with Gasteiger partial charge in [0.25, 0.3) is 0 Å². The molecule has 2 aromatic rings. The molecule has 218 valence electrons. The first-order valence-corrected chi connectivity index (χ1v) is 13.4. The summed E-state index contributed by atoms with van der Waals surface area (Å²) in [7, 11) is 1.18. The lowest BCUT2D eigenvalue weighted by Crippen LogP contribution is -2.49. The number of rotatable bonds is 7. The maximum atomic E-state index is 13.4. The summed E-state index contributed by atoms with van der Waals surface area (Å²) in [6, 6.07) is 13.8. The Balaban J connectivity index is 1.49. The Morgan fingerprint density at radius 3 is 2.15 bits per heavy atom. The van der Waals surface area contributed by atoms with Gasteiger partial charge >= 0.3 is 24.1 Å². The Morgan fingerprint density at radius 1 is 0.902 bits per heavy atom. The van der Waals surface area contributed by atoms with Gasteiger partial charge in [-0.1, -0.05) is 36.4 Å². The van der Waals surface area contributed by atoms with E-state index in [0.717, 1.165) is 10.5 Å². The van der Waals surface area contributed by atoms with Gasteiger partial charge in [-0.15, -0.1) is 0 Å². The number of carbonyl (C=O) groups is 5. The molecule has 12 heteroatoms. The molecule has 2 heterocycles. The number of carboxylic acids is 1. The van der Waals surface area contributed by atoms with Crippen molar-refractivity contribution >= 4 is 35.7 Å². The van der Waals surface area contributed by atoms with Crippen LogP contribution in [0.1, 0.15) is 47.2 Å². The van der Waals surface area contributed by atoms with E-state index in [-0.39, 0.29) is 55.3 Å². The molecule has 0 radical (unpaired) electrons. The van der Waals surface area contributed by atoms with Gasteiger partial charge in [-0.2, -0.15) is 0 Å². The van der Waals surface area contributed by atoms with E-state index < -0.39 is 35.5 Å². The van der Waals surface area contributed by atoms with Crippen LogP contribution in [0.4, 0.5) is 15.3 Å². The highest BCUT2D eigenvalue weighted by molar-refractivity contribution is 6.01. The monoisotopic (exact) mass is 567 g/mol. The molecule has 0 aromatic heterocycles. The van der Waals surface area contributed by atoms with E-state index in [1.807, 2.05) is 30.3 Å². The van der Waals surface area contributed by atoms with Crippen molar-refractivity contribution < 1.29 is 43.7 Å². The summed E-state index contributed by atoms with van der Waals surface area (Å²) < 4.78 is 10.3. The van der Waals surface area contributed by atoms with E-state index in [0.29, 0.717) is 25.9 Å². The Bertz CT molecular complexity index is 1300. The standard InChI is InChI=1S/C29H33N3O9/c1-40-25(34)21-8-5-9-22(23(21)29(26(35)36)12-16-31(17-13-29)27(37)38)30-24(33)20-10-14-32(15-11-20)28(39)41-18-19-6-3-2-4-7-19/h2-9,20H,10-18H2,1H3,(H,30,33)(H,35,36)(H,37,38). The van der Waals surface area contributed by atoms with E-state index in [2.05, 4.69) is 5.32 Å². The average molecular weight is 568 g/mol. The fourth-order valence-electron chi connectivity index (χ4n) is 5.47. The van der Waals surface area contributed by atoms with E-state index in [1.54, 1.807) is 4.90 Å². The van der Waals surface area contributed by atoms with Crippen molar-refractivity contribution in [3.8, 4) is 0 Å². The minimum absolute atomic E-state index is 0.00699. The van der Waals surface area contributed by atoms with E-state index in [4.69, 9.17) is 9.47 Å². The van der Waals surface area contributed by atoms with Crippen molar-refractivity contribution in [1.82, 2.24) is 9.80 Å². The van der Waals surface area contributed by atoms with Gasteiger partial charge in [0.2, 0.25) is 5.91 Å². The number of nitrogens with one attached hydrogen (secondary N) is 1. The number of carbonyl (C=O) groups excluding carboxylic acids is 3. The number of methoxy groups -OCH3 is 1. The SMILES string of the molecule is COC(=O)c1cccc(NC(=O)C2CCN(C(=O)OCc3ccccc3)CC2)c1C1(C(=O)O)CCN(C(=O)O)CC1. The average Bonchev–Trinajstić information content (AvgIpc) is 2.99. The molecule has 2 saturated heterocycles. The highest BCUT2D eigenvalue weighted by Crippen LogP contribution is 2.42. The van der Waals surface area contributed by atoms with Crippen LogP contribution in [0.5, 0.6) is 0 Å². The maximum absolute atomic E-state index is 13.4. The molecule has 41 heavy (non-hydrogen) atoms. The highest BCUT2D eigenvalue weighted by Gasteiger charge is 2.48. The number of anilines is 1. The van der Waals surface area contributed by atoms with Crippen LogP contribution < -0.4 is 5.32 Å². The molecule has 3 amide bonds. The largest absolute Gasteiger partial charge is 0.481 e. The van der Waals surface area contributed by atoms with Crippen molar-refractivity contribution in [3.05, 3.63) is 65.2 Å². The van der Waals surface area contributed by atoms with Gasteiger partial charge in [0.1, 0.15) is 6.61 Å². The number of piperidine rings is 2. The van der Waals surface area contributed by atoms with E-state index in [9.17, 15) is 34.2 Å². The minimum Gasteiger partial charge on any atom is -0.481 e. The van der Waals surface area contributed by atoms with E-state index in [1.165, 1.54) is 25.3 Å². The molecule has 2 aliphatic heterocycles. The lowest BCUT2D eigenvalue weighted by molar-refractivity contribution is -0.145. The topological polar surface area (TPSA) is 163 Å². The second-order valence-electron chi connectivity index (χ2n) is 10.2. The van der Waals surface area contributed by atoms with E-state index >= 15 is 0 Å². The summed E-state index contributed by atoms with van der Waals surface area (Å²) in [5.74, 6) is -2.82. The second kappa shape index (κ2) is 12.7. The van der Waals surface area contributed by atoms with Gasteiger partial charge in [-0.25, -0.2) is 14.4 Å². The molecule has 0 saturated carbocycles. The summed E-state index contributed by atoms with van der Waals surface area (Å²) >= 11 is 0. The smallest absolute Gasteiger partial charge is 0.410 e. The third kappa shape index (κ3) is 6.42. The molecular weight excluding hydrogens is 534 g/mol. The number of ether oxygens (including phenoxy) is 2. The van der Waals surface area contributed by atoms with Crippen molar-refractivity contribution in [2.75, 3.05) is 38.6 Å². The van der Waals surface area contributed by atoms with Gasteiger partial charge in [0.05, 0.1) is 18.1 Å². The molecule has 0 unspecified atom stereocenters. The fraction of sp³-hybridized carbons (Fsp3) is 0.414. The molecule has 2 fully saturated rings. The second-order valence-corrected chi connectivity index (χ2v) is 10.2. The van der Waals surface area contributed by atoms with Crippen LogP contribution in [-0.4, -0.2) is 83.3 Å². The third-order valence-electron chi connectivity index (χ3n) is 7.83. The number of esters is 1. The molecule has 0 bridgehead atoms. The van der Waals surface area contributed by atoms with Crippen LogP contribution in [0.3, 0.4) is 0 Å². The molecule has 12 nitrogen and oxygen atoms in total. The number of carboxylic acid groups (broad SMARTS) is 2. The van der Waals surface area contributed by atoms with Gasteiger partial charge in [0, 0.05) is 43.3 Å². The van der Waals surface area contributed by atoms with Gasteiger partial charge in [-0.3, -0.25) is 9.59 Å². The zero-order valence-electron chi connectivity index (χ0n) is 22.7. The summed E-state index contributed by atoms with van der Waals surface area (Å²) in [5.41, 5.74) is -0.501. The first-order chi connectivity index (χ1) is 19.7. The van der Waals surface area contributed by atoms with Crippen molar-refractivity contribution in [3.63, 3.8) is 0 Å². The highest BCUT2D eigenvalue weighted by atomic mass is 16.6. The number of hydrogen-bond acceptors (Lipinski definition) is 7. The lowest BCUT2D eigenvalue weighted by atomic mass is 9.70. The van der Waals surface area contributed by atoms with Gasteiger partial charge in [0.15, 0.2) is 0 Å². The summed E-state index contributed by atoms with van der Waals surface area (Å²) in [4.78, 5) is 65.4. The van der Waals surface area contributed by atoms with Crippen molar-refractivity contribution in [2.24, 2.45) is 5.92 Å². The first-order valence-electron chi connectivity index (χ1n) is 13.4. The molecule has 2 aromatic carbocycles. The zero-order valence-corrected chi connectivity index (χ0v) is 22.7. The van der Waals surface area contributed by atoms with Crippen molar-refractivity contribution in [1.29, 1.82) is 0 Å². The number of benzene rings is 2. The summed E-state index contributed by atoms with van der Waals surface area (Å²) in [6.07, 6.45) is -1.05. The van der Waals surface area contributed by atoms with Crippen LogP contribution in [0.25, 0.3) is 0 Å². The lowest BCUT2D eigenvalue weighted by Gasteiger charge is -2.39. The van der Waals surface area contributed by atoms with Crippen molar-refractivity contribution in [2.45, 2.75) is 37.7 Å². The normalized spacial score (nSPS) is 16.9. The molecule has 4 rings (SSSR count). The summed E-state index contributed by atoms with van der Waals surface area (Å²) in [6.45, 7) is 0.664. The molecule has 0 spiro atoms. The zero-order chi connectivity index (χ0) is 29.6. The Morgan fingerprint density at radius 2 is 1.56 bits per heavy atom. The first kappa shape index (κ1) is 29.4. The molecule has 3 N–H and O–H groups in total. The molecule has 0 aliphatic carbocycles. The summed E-state index contributed by atoms with van der Waals surface area (Å²) in [5, 5.41) is 22.6. The molecule has 2 aliphatic rings. The Labute approximate surface area is 236 Å². The predicted octanol–water partition coefficient (Wildman–Crippen LogP) is 3.56. The van der Waals surface area contributed by atoms with Crippen LogP contribution in [0.2, 0.25) is 0 Å². The number of amides is 3. The predicted molar refractivity (Wildman–Crippen MR) is 145 cm³/mol. The Kier molecular flexibility index (Phi) is 9.10. The number of aliphatic carboxylic acids is 1. The van der Waals surface area contributed by atoms with Gasteiger partial charge < -0.3 is 34.8 Å². The van der Waals surface area contributed by atoms with Crippen LogP contribution >= 0.6 is 0 Å². The third-order valence-corrected chi connectivity index (χ3v) is 7.83.